The maximum atomic E-state index is 5.29. The zero-order valence-corrected chi connectivity index (χ0v) is 35.3. The molecule has 2 heteroatoms. The second-order valence-electron chi connectivity index (χ2n) is 16.0. The molecule has 0 saturated carbocycles. The first-order valence-corrected chi connectivity index (χ1v) is 20.4. The van der Waals surface area contributed by atoms with Gasteiger partial charge in [-0.3, -0.25) is 4.98 Å². The molecule has 0 unspecified atom stereocenters. The summed E-state index contributed by atoms with van der Waals surface area (Å²) in [6, 6.07) is 65.7. The van der Waals surface area contributed by atoms with Crippen LogP contribution < -0.4 is 0 Å². The molecule has 9 rings (SSSR count). The Balaban J connectivity index is 0.00000455. The predicted octanol–water partition coefficient (Wildman–Crippen LogP) is 14.7. The minimum Gasteiger partial charge on any atom is -0.296 e. The van der Waals surface area contributed by atoms with E-state index in [1.54, 1.807) is 0 Å². The first kappa shape index (κ1) is 38.5. The number of pyridine rings is 1. The van der Waals surface area contributed by atoms with Crippen molar-refractivity contribution < 1.29 is 20.1 Å². The topological polar surface area (TPSA) is 12.9 Å². The standard InChI is InChI=1S/C55H48N.Ir/c1-55(2)51-29-15-14-28-47(51)48-32-30-46(37-52(48)55)54-38-49(41-23-12-7-13-24-41)50-36-45(31-33-53(50)56-54)44-27-17-26-43(35-44)42-25-16-22-40(34-42)21-9-5-3-4-8-18-39-19-10-6-11-20-39;/h6-7,10-17,19-20,22-29,31-38H,3-5,8-9,18,21H2,1-2H3;/q-1;. The van der Waals surface area contributed by atoms with Gasteiger partial charge < -0.3 is 0 Å². The van der Waals surface area contributed by atoms with Gasteiger partial charge in [0, 0.05) is 25.5 Å². The van der Waals surface area contributed by atoms with Gasteiger partial charge in [-0.15, -0.1) is 29.3 Å². The Bertz CT molecular complexity index is 2640. The number of benzene rings is 7. The number of rotatable bonds is 12. The van der Waals surface area contributed by atoms with Crippen molar-refractivity contribution in [1.29, 1.82) is 0 Å². The van der Waals surface area contributed by atoms with Crippen LogP contribution in [0.2, 0.25) is 0 Å². The van der Waals surface area contributed by atoms with Crippen molar-refractivity contribution in [1.82, 2.24) is 4.98 Å². The first-order valence-electron chi connectivity index (χ1n) is 20.4. The molecule has 1 aliphatic rings. The van der Waals surface area contributed by atoms with Gasteiger partial charge in [-0.1, -0.05) is 184 Å². The third-order valence-corrected chi connectivity index (χ3v) is 11.9. The largest absolute Gasteiger partial charge is 0.296 e. The summed E-state index contributed by atoms with van der Waals surface area (Å²) in [5.74, 6) is 0. The number of hydrogen-bond acceptors (Lipinski definition) is 1. The molecule has 0 fully saturated rings. The molecule has 1 nitrogen and oxygen atoms in total. The number of unbranched alkanes of at least 4 members (excludes halogenated alkanes) is 4. The minimum absolute atomic E-state index is 0. The van der Waals surface area contributed by atoms with Gasteiger partial charge >= 0.3 is 0 Å². The van der Waals surface area contributed by atoms with E-state index in [0.717, 1.165) is 28.6 Å². The molecule has 0 bridgehead atoms. The van der Waals surface area contributed by atoms with E-state index in [9.17, 15) is 0 Å². The van der Waals surface area contributed by atoms with Crippen LogP contribution in [-0.2, 0) is 38.4 Å². The van der Waals surface area contributed by atoms with Gasteiger partial charge in [0.2, 0.25) is 0 Å². The number of aryl methyl sites for hydroxylation is 2. The van der Waals surface area contributed by atoms with Crippen molar-refractivity contribution in [2.75, 3.05) is 0 Å². The Morgan fingerprint density at radius 2 is 1.05 bits per heavy atom. The van der Waals surface area contributed by atoms with Crippen molar-refractivity contribution in [3.8, 4) is 55.8 Å². The SMILES string of the molecule is CC1(C)c2ccccc2-c2c[c-]c(-c3cc(-c4ccccc4)c4cc(-c5cccc(-c6cccc(CCCCCCCc7ccccc7)c6)c5)ccc4n3)cc21.[Ir]. The fraction of sp³-hybridized carbons (Fsp3) is 0.182. The van der Waals surface area contributed by atoms with E-state index in [0.29, 0.717) is 0 Å². The first-order chi connectivity index (χ1) is 27.5. The van der Waals surface area contributed by atoms with E-state index in [4.69, 9.17) is 4.98 Å². The normalized spacial score (nSPS) is 12.5. The molecular weight excluding hydrogens is 867 g/mol. The average Bonchev–Trinajstić information content (AvgIpc) is 3.48. The quantitative estimate of drug-likeness (QED) is 0.0879. The van der Waals surface area contributed by atoms with Gasteiger partial charge in [0.1, 0.15) is 0 Å². The smallest absolute Gasteiger partial charge is 0.0602 e. The van der Waals surface area contributed by atoms with Crippen molar-refractivity contribution in [3.05, 3.63) is 198 Å². The summed E-state index contributed by atoms with van der Waals surface area (Å²) in [5.41, 5.74) is 18.4. The molecule has 8 aromatic rings. The average molecular weight is 915 g/mol. The fourth-order valence-corrected chi connectivity index (χ4v) is 8.81. The fourth-order valence-electron chi connectivity index (χ4n) is 8.81. The molecule has 0 spiro atoms. The Kier molecular flexibility index (Phi) is 11.5. The van der Waals surface area contributed by atoms with E-state index in [2.05, 4.69) is 190 Å². The van der Waals surface area contributed by atoms with E-state index >= 15 is 0 Å². The van der Waals surface area contributed by atoms with Crippen LogP contribution in [0.1, 0.15) is 68.2 Å². The van der Waals surface area contributed by atoms with Crippen molar-refractivity contribution in [2.24, 2.45) is 0 Å². The van der Waals surface area contributed by atoms with Gasteiger partial charge in [0.05, 0.1) is 5.52 Å². The van der Waals surface area contributed by atoms with E-state index in [1.807, 2.05) is 0 Å². The van der Waals surface area contributed by atoms with E-state index in [-0.39, 0.29) is 25.5 Å². The number of aromatic nitrogens is 1. The number of fused-ring (bicyclic) bond motifs is 4. The molecule has 283 valence electrons. The van der Waals surface area contributed by atoms with Crippen LogP contribution in [-0.4, -0.2) is 4.98 Å². The molecule has 1 aromatic heterocycles. The number of hydrogen-bond donors (Lipinski definition) is 0. The van der Waals surface area contributed by atoms with Gasteiger partial charge in [-0.2, -0.15) is 0 Å². The van der Waals surface area contributed by atoms with Crippen LogP contribution in [0, 0.1) is 6.07 Å². The minimum atomic E-state index is -0.0809. The summed E-state index contributed by atoms with van der Waals surface area (Å²) in [5, 5.41) is 1.15. The molecular formula is C55H48IrN-. The Hall–Kier alpha value is -5.40. The van der Waals surface area contributed by atoms with Gasteiger partial charge in [0.25, 0.3) is 0 Å². The van der Waals surface area contributed by atoms with Gasteiger partial charge in [-0.25, -0.2) is 0 Å². The van der Waals surface area contributed by atoms with E-state index in [1.165, 1.54) is 105 Å². The Labute approximate surface area is 352 Å². The van der Waals surface area contributed by atoms with Crippen molar-refractivity contribution >= 4 is 10.9 Å². The van der Waals surface area contributed by atoms with Gasteiger partial charge in [0.15, 0.2) is 0 Å². The molecule has 1 radical (unpaired) electrons. The summed E-state index contributed by atoms with van der Waals surface area (Å²) in [7, 11) is 0. The maximum absolute atomic E-state index is 5.29. The third-order valence-electron chi connectivity index (χ3n) is 11.9. The maximum Gasteiger partial charge on any atom is 0.0602 e. The van der Waals surface area contributed by atoms with Crippen LogP contribution in [0.3, 0.4) is 0 Å². The van der Waals surface area contributed by atoms with Crippen molar-refractivity contribution in [2.45, 2.75) is 64.2 Å². The van der Waals surface area contributed by atoms with Crippen LogP contribution in [0.25, 0.3) is 66.7 Å². The second-order valence-corrected chi connectivity index (χ2v) is 16.0. The van der Waals surface area contributed by atoms with Gasteiger partial charge in [-0.05, 0) is 105 Å². The van der Waals surface area contributed by atoms with Crippen LogP contribution in [0.4, 0.5) is 0 Å². The van der Waals surface area contributed by atoms with Crippen molar-refractivity contribution in [3.63, 3.8) is 0 Å². The van der Waals surface area contributed by atoms with Crippen LogP contribution in [0.15, 0.2) is 170 Å². The zero-order valence-electron chi connectivity index (χ0n) is 32.9. The molecule has 57 heavy (non-hydrogen) atoms. The van der Waals surface area contributed by atoms with Crippen LogP contribution in [0.5, 0.6) is 0 Å². The summed E-state index contributed by atoms with van der Waals surface area (Å²) >= 11 is 0. The summed E-state index contributed by atoms with van der Waals surface area (Å²) in [6.07, 6.45) is 8.74. The molecule has 0 atom stereocenters. The number of nitrogens with zero attached hydrogens (tertiary/aromatic N) is 1. The monoisotopic (exact) mass is 915 g/mol. The summed E-state index contributed by atoms with van der Waals surface area (Å²) < 4.78 is 0. The zero-order chi connectivity index (χ0) is 37.9. The second kappa shape index (κ2) is 17.0. The molecule has 0 N–H and O–H groups in total. The molecule has 0 saturated heterocycles. The molecule has 7 aromatic carbocycles. The molecule has 0 aliphatic heterocycles. The third kappa shape index (κ3) is 8.08. The molecule has 0 amide bonds. The molecule has 1 heterocycles. The predicted molar refractivity (Wildman–Crippen MR) is 237 cm³/mol. The summed E-state index contributed by atoms with van der Waals surface area (Å²) in [6.45, 7) is 4.66. The molecule has 1 aliphatic carbocycles. The van der Waals surface area contributed by atoms with E-state index < -0.39 is 0 Å². The van der Waals surface area contributed by atoms with Crippen LogP contribution >= 0.6 is 0 Å². The summed E-state index contributed by atoms with van der Waals surface area (Å²) in [4.78, 5) is 5.29. The Morgan fingerprint density at radius 3 is 1.82 bits per heavy atom. The Morgan fingerprint density at radius 1 is 0.456 bits per heavy atom.